The van der Waals surface area contributed by atoms with E-state index in [1.165, 1.54) is 12.0 Å². The zero-order valence-electron chi connectivity index (χ0n) is 11.5. The monoisotopic (exact) mass is 225 g/mol. The Hall–Kier alpha value is -0.340. The number of hydrogen-bond donors (Lipinski definition) is 1. The molecule has 0 aliphatic heterocycles. The fourth-order valence-corrected chi connectivity index (χ4v) is 2.85. The van der Waals surface area contributed by atoms with Crippen LogP contribution >= 0.6 is 0 Å². The van der Waals surface area contributed by atoms with Gasteiger partial charge in [0.2, 0.25) is 0 Å². The molecule has 4 atom stereocenters. The summed E-state index contributed by atoms with van der Waals surface area (Å²) in [7, 11) is 4.08. The lowest BCUT2D eigenvalue weighted by atomic mass is 9.67. The molecule has 0 aromatic heterocycles. The summed E-state index contributed by atoms with van der Waals surface area (Å²) < 4.78 is 0. The zero-order valence-corrected chi connectivity index (χ0v) is 11.5. The molecule has 1 fully saturated rings. The maximum Gasteiger partial charge on any atom is 0.0830 e. The van der Waals surface area contributed by atoms with Crippen molar-refractivity contribution in [2.24, 2.45) is 11.8 Å². The molecule has 1 rings (SSSR count). The molecular weight excluding hydrogens is 198 g/mol. The summed E-state index contributed by atoms with van der Waals surface area (Å²) in [5, 5.41) is 10.9. The van der Waals surface area contributed by atoms with Gasteiger partial charge in [-0.05, 0) is 59.0 Å². The normalized spacial score (nSPS) is 37.4. The highest BCUT2D eigenvalue weighted by molar-refractivity contribution is 5.06. The topological polar surface area (TPSA) is 23.5 Å². The molecule has 1 saturated carbocycles. The summed E-state index contributed by atoms with van der Waals surface area (Å²) in [4.78, 5) is 2.12. The smallest absolute Gasteiger partial charge is 0.0830 e. The van der Waals surface area contributed by atoms with Crippen LogP contribution in [0.2, 0.25) is 0 Å². The lowest BCUT2D eigenvalue weighted by Crippen LogP contribution is -2.55. The Morgan fingerprint density at radius 1 is 1.44 bits per heavy atom. The van der Waals surface area contributed by atoms with Gasteiger partial charge in [-0.25, -0.2) is 0 Å². The first-order valence-corrected chi connectivity index (χ1v) is 6.33. The Labute approximate surface area is 100 Å². The lowest BCUT2D eigenvalue weighted by Gasteiger charge is -2.48. The van der Waals surface area contributed by atoms with Gasteiger partial charge in [0.05, 0.1) is 5.60 Å². The van der Waals surface area contributed by atoms with E-state index < -0.39 is 5.60 Å². The van der Waals surface area contributed by atoms with E-state index in [0.717, 1.165) is 12.8 Å². The summed E-state index contributed by atoms with van der Waals surface area (Å²) in [5.41, 5.74) is 0.655. The van der Waals surface area contributed by atoms with Gasteiger partial charge in [-0.3, -0.25) is 0 Å². The van der Waals surface area contributed by atoms with E-state index in [1.54, 1.807) is 0 Å². The van der Waals surface area contributed by atoms with Crippen LogP contribution < -0.4 is 0 Å². The van der Waals surface area contributed by atoms with Crippen LogP contribution in [0.5, 0.6) is 0 Å². The SMILES string of the molecule is C=C(C)[C@@H]1CC[C@@H](C)[C@](O)([C@@H](C)N(C)C)C1. The fourth-order valence-electron chi connectivity index (χ4n) is 2.85. The summed E-state index contributed by atoms with van der Waals surface area (Å²) >= 11 is 0. The van der Waals surface area contributed by atoms with Crippen molar-refractivity contribution in [3.63, 3.8) is 0 Å². The minimum Gasteiger partial charge on any atom is -0.388 e. The van der Waals surface area contributed by atoms with Crippen molar-refractivity contribution in [1.29, 1.82) is 0 Å². The minimum atomic E-state index is -0.564. The highest BCUT2D eigenvalue weighted by Gasteiger charge is 2.44. The summed E-state index contributed by atoms with van der Waals surface area (Å²) in [5.74, 6) is 0.865. The molecule has 0 amide bonds. The predicted molar refractivity (Wildman–Crippen MR) is 69.4 cm³/mol. The Morgan fingerprint density at radius 3 is 2.44 bits per heavy atom. The summed E-state index contributed by atoms with van der Waals surface area (Å²) in [6, 6.07) is 0.199. The standard InChI is InChI=1S/C14H27NO/c1-10(2)13-8-7-11(3)14(16,9-13)12(4)15(5)6/h11-13,16H,1,7-9H2,2-6H3/t11-,12-,13-,14+/m1/s1. The Bertz CT molecular complexity index is 261. The molecular formula is C14H27NO. The minimum absolute atomic E-state index is 0.199. The maximum atomic E-state index is 10.9. The number of likely N-dealkylation sites (N-methyl/N-ethyl adjacent to an activating group) is 1. The molecule has 0 unspecified atom stereocenters. The van der Waals surface area contributed by atoms with Crippen molar-refractivity contribution in [3.8, 4) is 0 Å². The molecule has 1 N–H and O–H groups in total. The molecule has 0 heterocycles. The first-order chi connectivity index (χ1) is 7.29. The summed E-state index contributed by atoms with van der Waals surface area (Å²) in [6.45, 7) is 10.4. The predicted octanol–water partition coefficient (Wildman–Crippen LogP) is 2.68. The first-order valence-electron chi connectivity index (χ1n) is 6.33. The molecule has 16 heavy (non-hydrogen) atoms. The number of rotatable bonds is 3. The second-order valence-corrected chi connectivity index (χ2v) is 5.86. The Balaban J connectivity index is 2.86. The van der Waals surface area contributed by atoms with Crippen molar-refractivity contribution in [1.82, 2.24) is 4.90 Å². The first kappa shape index (κ1) is 13.7. The van der Waals surface area contributed by atoms with E-state index >= 15 is 0 Å². The molecule has 0 aromatic rings. The molecule has 0 bridgehead atoms. The summed E-state index contributed by atoms with van der Waals surface area (Å²) in [6.07, 6.45) is 3.15. The van der Waals surface area contributed by atoms with Crippen LogP contribution in [0, 0.1) is 11.8 Å². The van der Waals surface area contributed by atoms with E-state index in [1.807, 2.05) is 14.1 Å². The number of allylic oxidation sites excluding steroid dienone is 1. The van der Waals surface area contributed by atoms with Gasteiger partial charge in [-0.1, -0.05) is 19.1 Å². The maximum absolute atomic E-state index is 10.9. The number of hydrogen-bond acceptors (Lipinski definition) is 2. The molecule has 0 aromatic carbocycles. The van der Waals surface area contributed by atoms with Gasteiger partial charge in [0.25, 0.3) is 0 Å². The van der Waals surface area contributed by atoms with Crippen molar-refractivity contribution in [3.05, 3.63) is 12.2 Å². The van der Waals surface area contributed by atoms with E-state index in [-0.39, 0.29) is 6.04 Å². The van der Waals surface area contributed by atoms with Crippen LogP contribution in [-0.4, -0.2) is 35.7 Å². The average molecular weight is 225 g/mol. The van der Waals surface area contributed by atoms with Crippen molar-refractivity contribution >= 4 is 0 Å². The van der Waals surface area contributed by atoms with Gasteiger partial charge in [-0.15, -0.1) is 0 Å². The number of aliphatic hydroxyl groups is 1. The second-order valence-electron chi connectivity index (χ2n) is 5.86. The molecule has 1 aliphatic carbocycles. The van der Waals surface area contributed by atoms with Crippen molar-refractivity contribution < 1.29 is 5.11 Å². The quantitative estimate of drug-likeness (QED) is 0.747. The highest BCUT2D eigenvalue weighted by atomic mass is 16.3. The molecule has 2 nitrogen and oxygen atoms in total. The van der Waals surface area contributed by atoms with Crippen LogP contribution in [0.15, 0.2) is 12.2 Å². The third-order valence-corrected chi connectivity index (χ3v) is 4.57. The Kier molecular flexibility index (Phi) is 4.19. The molecule has 1 aliphatic rings. The van der Waals surface area contributed by atoms with Crippen LogP contribution in [0.3, 0.4) is 0 Å². The van der Waals surface area contributed by atoms with Crippen molar-refractivity contribution in [2.75, 3.05) is 14.1 Å². The van der Waals surface area contributed by atoms with Gasteiger partial charge in [0, 0.05) is 6.04 Å². The Morgan fingerprint density at radius 2 is 2.00 bits per heavy atom. The van der Waals surface area contributed by atoms with Crippen LogP contribution in [0.1, 0.15) is 40.0 Å². The van der Waals surface area contributed by atoms with E-state index in [2.05, 4.69) is 32.3 Å². The van der Waals surface area contributed by atoms with Gasteiger partial charge >= 0.3 is 0 Å². The van der Waals surface area contributed by atoms with E-state index in [9.17, 15) is 5.11 Å². The van der Waals surface area contributed by atoms with Crippen LogP contribution in [0.4, 0.5) is 0 Å². The van der Waals surface area contributed by atoms with Crippen LogP contribution in [-0.2, 0) is 0 Å². The molecule has 2 heteroatoms. The van der Waals surface area contributed by atoms with Gasteiger partial charge in [-0.2, -0.15) is 0 Å². The van der Waals surface area contributed by atoms with Gasteiger partial charge in [0.15, 0.2) is 0 Å². The fraction of sp³-hybridized carbons (Fsp3) is 0.857. The van der Waals surface area contributed by atoms with Crippen LogP contribution in [0.25, 0.3) is 0 Å². The second kappa shape index (κ2) is 4.89. The zero-order chi connectivity index (χ0) is 12.5. The van der Waals surface area contributed by atoms with E-state index in [4.69, 9.17) is 0 Å². The third kappa shape index (κ3) is 2.49. The lowest BCUT2D eigenvalue weighted by molar-refractivity contribution is -0.101. The molecule has 0 spiro atoms. The molecule has 0 radical (unpaired) electrons. The highest BCUT2D eigenvalue weighted by Crippen LogP contribution is 2.42. The molecule has 94 valence electrons. The molecule has 0 saturated heterocycles. The van der Waals surface area contributed by atoms with Crippen molar-refractivity contribution in [2.45, 2.75) is 51.7 Å². The van der Waals surface area contributed by atoms with Gasteiger partial charge in [0.1, 0.15) is 0 Å². The third-order valence-electron chi connectivity index (χ3n) is 4.57. The average Bonchev–Trinajstić information content (AvgIpc) is 2.20. The number of nitrogens with zero attached hydrogens (tertiary/aromatic N) is 1. The largest absolute Gasteiger partial charge is 0.388 e. The van der Waals surface area contributed by atoms with E-state index in [0.29, 0.717) is 11.8 Å². The van der Waals surface area contributed by atoms with Gasteiger partial charge < -0.3 is 10.0 Å².